The van der Waals surface area contributed by atoms with Crippen molar-refractivity contribution in [1.29, 1.82) is 0 Å². The number of thiazole rings is 1. The van der Waals surface area contributed by atoms with Crippen LogP contribution in [0.5, 0.6) is 5.75 Å². The Labute approximate surface area is 157 Å². The summed E-state index contributed by atoms with van der Waals surface area (Å²) in [4.78, 5) is 16.9. The molecule has 0 radical (unpaired) electrons. The van der Waals surface area contributed by atoms with Crippen molar-refractivity contribution in [1.82, 2.24) is 4.98 Å². The van der Waals surface area contributed by atoms with Gasteiger partial charge in [-0.2, -0.15) is 0 Å². The van der Waals surface area contributed by atoms with Gasteiger partial charge in [0.2, 0.25) is 0 Å². The summed E-state index contributed by atoms with van der Waals surface area (Å²) in [6, 6.07) is 14.6. The second-order valence-corrected chi connectivity index (χ2v) is 6.73. The van der Waals surface area contributed by atoms with E-state index in [2.05, 4.69) is 10.3 Å². The molecule has 2 heterocycles. The molecule has 0 aliphatic carbocycles. The summed E-state index contributed by atoms with van der Waals surface area (Å²) in [7, 11) is 1.61. The molecule has 2 aromatic carbocycles. The minimum Gasteiger partial charge on any atom is -0.495 e. The van der Waals surface area contributed by atoms with Gasteiger partial charge in [0.05, 0.1) is 29.1 Å². The van der Waals surface area contributed by atoms with Gasteiger partial charge in [-0.3, -0.25) is 0 Å². The second kappa shape index (κ2) is 6.82. The Hall–Kier alpha value is -2.83. The predicted octanol–water partition coefficient (Wildman–Crippen LogP) is 5.32. The molecular weight excluding hydrogens is 372 g/mol. The van der Waals surface area contributed by atoms with E-state index >= 15 is 0 Å². The standard InChI is InChI=1S/C19H13ClN2O3S/c1-24-16-8-3-2-7-14(16)21-19-22-15(10-26-19)12-9-11-5-4-6-13(20)17(11)25-18(12)23/h2-10H,1H3,(H,21,22). The molecule has 0 unspecified atom stereocenters. The molecule has 0 saturated heterocycles. The summed E-state index contributed by atoms with van der Waals surface area (Å²) in [6.45, 7) is 0. The summed E-state index contributed by atoms with van der Waals surface area (Å²) in [5, 5.41) is 6.82. The average Bonchev–Trinajstić information content (AvgIpc) is 3.11. The van der Waals surface area contributed by atoms with Crippen molar-refractivity contribution >= 4 is 44.7 Å². The quantitative estimate of drug-likeness (QED) is 0.482. The smallest absolute Gasteiger partial charge is 0.345 e. The highest BCUT2D eigenvalue weighted by Crippen LogP contribution is 2.31. The fourth-order valence-corrected chi connectivity index (χ4v) is 3.55. The van der Waals surface area contributed by atoms with Crippen molar-refractivity contribution in [3.05, 3.63) is 69.4 Å². The molecule has 7 heteroatoms. The van der Waals surface area contributed by atoms with Gasteiger partial charge in [-0.05, 0) is 24.3 Å². The fourth-order valence-electron chi connectivity index (χ4n) is 2.61. The van der Waals surface area contributed by atoms with Gasteiger partial charge in [0.1, 0.15) is 5.75 Å². The number of halogens is 1. The number of benzene rings is 2. The van der Waals surface area contributed by atoms with Crippen molar-refractivity contribution < 1.29 is 9.15 Å². The third-order valence-corrected chi connectivity index (χ3v) is 4.90. The number of fused-ring (bicyclic) bond motifs is 1. The number of rotatable bonds is 4. The lowest BCUT2D eigenvalue weighted by Crippen LogP contribution is -2.03. The molecule has 1 N–H and O–H groups in total. The maximum absolute atomic E-state index is 12.4. The van der Waals surface area contributed by atoms with E-state index in [0.717, 1.165) is 11.1 Å². The van der Waals surface area contributed by atoms with Crippen LogP contribution in [-0.2, 0) is 0 Å². The summed E-state index contributed by atoms with van der Waals surface area (Å²) >= 11 is 7.47. The van der Waals surface area contributed by atoms with Crippen LogP contribution in [0, 0.1) is 0 Å². The number of hydrogen-bond acceptors (Lipinski definition) is 6. The fraction of sp³-hybridized carbons (Fsp3) is 0.0526. The van der Waals surface area contributed by atoms with Crippen molar-refractivity contribution in [2.75, 3.05) is 12.4 Å². The highest BCUT2D eigenvalue weighted by molar-refractivity contribution is 7.14. The predicted molar refractivity (Wildman–Crippen MR) is 105 cm³/mol. The molecule has 130 valence electrons. The average molecular weight is 385 g/mol. The molecule has 4 rings (SSSR count). The zero-order valence-corrected chi connectivity index (χ0v) is 15.2. The highest BCUT2D eigenvalue weighted by atomic mass is 35.5. The van der Waals surface area contributed by atoms with E-state index in [0.29, 0.717) is 32.7 Å². The number of aromatic nitrogens is 1. The van der Waals surface area contributed by atoms with E-state index in [1.165, 1.54) is 11.3 Å². The number of nitrogens with one attached hydrogen (secondary N) is 1. The van der Waals surface area contributed by atoms with Gasteiger partial charge in [-0.25, -0.2) is 9.78 Å². The Kier molecular flexibility index (Phi) is 4.36. The first-order valence-electron chi connectivity index (χ1n) is 7.74. The van der Waals surface area contributed by atoms with Gasteiger partial charge < -0.3 is 14.5 Å². The van der Waals surface area contributed by atoms with Crippen LogP contribution < -0.4 is 15.7 Å². The van der Waals surface area contributed by atoms with Crippen LogP contribution >= 0.6 is 22.9 Å². The first-order valence-corrected chi connectivity index (χ1v) is 9.00. The molecule has 0 aliphatic heterocycles. The Balaban J connectivity index is 1.71. The summed E-state index contributed by atoms with van der Waals surface area (Å²) in [5.41, 5.74) is 1.64. The largest absolute Gasteiger partial charge is 0.495 e. The highest BCUT2D eigenvalue weighted by Gasteiger charge is 2.13. The summed E-state index contributed by atoms with van der Waals surface area (Å²) < 4.78 is 10.7. The number of ether oxygens (including phenoxy) is 1. The first kappa shape index (κ1) is 16.6. The molecule has 0 saturated carbocycles. The van der Waals surface area contributed by atoms with E-state index in [1.54, 1.807) is 24.6 Å². The molecule has 5 nitrogen and oxygen atoms in total. The Bertz CT molecular complexity index is 1150. The van der Waals surface area contributed by atoms with E-state index in [1.807, 2.05) is 36.4 Å². The minimum absolute atomic E-state index is 0.380. The molecule has 26 heavy (non-hydrogen) atoms. The normalized spacial score (nSPS) is 10.8. The van der Waals surface area contributed by atoms with E-state index in [4.69, 9.17) is 20.8 Å². The van der Waals surface area contributed by atoms with Crippen LogP contribution in [0.15, 0.2) is 63.1 Å². The van der Waals surface area contributed by atoms with Crippen molar-refractivity contribution in [3.63, 3.8) is 0 Å². The molecular formula is C19H13ClN2O3S. The number of para-hydroxylation sites is 3. The zero-order chi connectivity index (χ0) is 18.1. The summed E-state index contributed by atoms with van der Waals surface area (Å²) in [5.74, 6) is 0.712. The lowest BCUT2D eigenvalue weighted by molar-refractivity contribution is 0.417. The van der Waals surface area contributed by atoms with Gasteiger partial charge in [-0.1, -0.05) is 35.9 Å². The molecule has 0 atom stereocenters. The van der Waals surface area contributed by atoms with E-state index < -0.39 is 5.63 Å². The number of hydrogen-bond donors (Lipinski definition) is 1. The molecule has 2 aromatic heterocycles. The molecule has 0 bridgehead atoms. The third kappa shape index (κ3) is 3.05. The molecule has 0 fully saturated rings. The molecule has 0 aliphatic rings. The van der Waals surface area contributed by atoms with Gasteiger partial charge >= 0.3 is 5.63 Å². The molecule has 0 amide bonds. The Morgan fingerprint density at radius 1 is 1.19 bits per heavy atom. The monoisotopic (exact) mass is 384 g/mol. The van der Waals surface area contributed by atoms with Crippen LogP contribution in [0.2, 0.25) is 5.02 Å². The summed E-state index contributed by atoms with van der Waals surface area (Å²) in [6.07, 6.45) is 0. The van der Waals surface area contributed by atoms with Crippen molar-refractivity contribution in [3.8, 4) is 17.0 Å². The van der Waals surface area contributed by atoms with Gasteiger partial charge in [-0.15, -0.1) is 11.3 Å². The van der Waals surface area contributed by atoms with E-state index in [9.17, 15) is 4.79 Å². The molecule has 4 aromatic rings. The van der Waals surface area contributed by atoms with Crippen molar-refractivity contribution in [2.24, 2.45) is 0 Å². The molecule has 0 spiro atoms. The lowest BCUT2D eigenvalue weighted by Gasteiger charge is -2.08. The maximum Gasteiger partial charge on any atom is 0.345 e. The lowest BCUT2D eigenvalue weighted by atomic mass is 10.1. The maximum atomic E-state index is 12.4. The van der Waals surface area contributed by atoms with Crippen molar-refractivity contribution in [2.45, 2.75) is 0 Å². The van der Waals surface area contributed by atoms with Crippen LogP contribution in [0.4, 0.5) is 10.8 Å². The van der Waals surface area contributed by atoms with Crippen LogP contribution in [-0.4, -0.2) is 12.1 Å². The second-order valence-electron chi connectivity index (χ2n) is 5.47. The zero-order valence-electron chi connectivity index (χ0n) is 13.7. The van der Waals surface area contributed by atoms with Gasteiger partial charge in [0, 0.05) is 10.8 Å². The Morgan fingerprint density at radius 3 is 2.88 bits per heavy atom. The van der Waals surface area contributed by atoms with Crippen LogP contribution in [0.25, 0.3) is 22.2 Å². The first-order chi connectivity index (χ1) is 12.7. The third-order valence-electron chi connectivity index (χ3n) is 3.84. The van der Waals surface area contributed by atoms with Crippen LogP contribution in [0.3, 0.4) is 0 Å². The minimum atomic E-state index is -0.472. The Morgan fingerprint density at radius 2 is 2.04 bits per heavy atom. The van der Waals surface area contributed by atoms with Crippen LogP contribution in [0.1, 0.15) is 0 Å². The topological polar surface area (TPSA) is 64.4 Å². The SMILES string of the molecule is COc1ccccc1Nc1nc(-c2cc3cccc(Cl)c3oc2=O)cs1. The number of methoxy groups -OCH3 is 1. The van der Waals surface area contributed by atoms with Gasteiger partial charge in [0.25, 0.3) is 0 Å². The van der Waals surface area contributed by atoms with E-state index in [-0.39, 0.29) is 0 Å². The number of anilines is 2. The van der Waals surface area contributed by atoms with Gasteiger partial charge in [0.15, 0.2) is 10.7 Å². The number of nitrogens with zero attached hydrogens (tertiary/aromatic N) is 1.